The first kappa shape index (κ1) is 30.7. The zero-order chi connectivity index (χ0) is 30.4. The van der Waals surface area contributed by atoms with E-state index in [1.165, 1.54) is 5.56 Å². The summed E-state index contributed by atoms with van der Waals surface area (Å²) in [6, 6.07) is 30.2. The number of halogens is 3. The molecule has 0 aliphatic carbocycles. The molecule has 1 fully saturated rings. The predicted octanol–water partition coefficient (Wildman–Crippen LogP) is 9.27. The molecule has 6 rings (SSSR count). The summed E-state index contributed by atoms with van der Waals surface area (Å²) < 4.78 is 0. The molecule has 2 atom stereocenters. The number of nitrogens with one attached hydrogen (secondary N) is 1. The van der Waals surface area contributed by atoms with Crippen LogP contribution in [0.15, 0.2) is 116 Å². The first-order valence-electron chi connectivity index (χ1n) is 13.6. The van der Waals surface area contributed by atoms with Crippen LogP contribution in [0.4, 0.5) is 5.69 Å². The van der Waals surface area contributed by atoms with Crippen molar-refractivity contribution in [3.05, 3.63) is 148 Å². The van der Waals surface area contributed by atoms with Gasteiger partial charge < -0.3 is 5.32 Å². The van der Waals surface area contributed by atoms with Crippen molar-refractivity contribution in [3.63, 3.8) is 0 Å². The number of hydrogen-bond donors (Lipinski definition) is 1. The molecule has 218 valence electrons. The third kappa shape index (κ3) is 7.24. The van der Waals surface area contributed by atoms with E-state index in [0.717, 1.165) is 28.1 Å². The lowest BCUT2D eigenvalue weighted by Gasteiger charge is -2.29. The Labute approximate surface area is 266 Å². The van der Waals surface area contributed by atoms with Gasteiger partial charge in [0.05, 0.1) is 11.1 Å². The molecule has 3 aromatic carbocycles. The highest BCUT2D eigenvalue weighted by molar-refractivity contribution is 6.33. The maximum Gasteiger partial charge on any atom is 0.258 e. The Hall–Kier alpha value is -3.78. The van der Waals surface area contributed by atoms with E-state index in [0.29, 0.717) is 16.3 Å². The number of anilines is 1. The summed E-state index contributed by atoms with van der Waals surface area (Å²) in [4.78, 5) is 26.6. The SMILES string of the molecule is CN1OC(c2ccc(Cl)cc2)CC1(C)c1cccnc1.O=C(Nc1ccccc1-c1ccc(Cl)cc1)c1cccnc1Cl. The fourth-order valence-corrected chi connectivity index (χ4v) is 5.35. The van der Waals surface area contributed by atoms with Crippen LogP contribution >= 0.6 is 34.8 Å². The average Bonchev–Trinajstić information content (AvgIpc) is 3.34. The van der Waals surface area contributed by atoms with E-state index in [4.69, 9.17) is 39.6 Å². The molecule has 0 radical (unpaired) electrons. The number of hydroxylamine groups is 2. The van der Waals surface area contributed by atoms with Crippen molar-refractivity contribution in [2.45, 2.75) is 25.0 Å². The largest absolute Gasteiger partial charge is 0.321 e. The number of hydrogen-bond acceptors (Lipinski definition) is 5. The number of benzene rings is 3. The number of carbonyl (C=O) groups is 1. The number of rotatable bonds is 5. The van der Waals surface area contributed by atoms with Gasteiger partial charge in [-0.2, -0.15) is 5.06 Å². The van der Waals surface area contributed by atoms with Crippen LogP contribution in [0, 0.1) is 0 Å². The number of nitrogens with zero attached hydrogens (tertiary/aromatic N) is 3. The second kappa shape index (κ2) is 13.7. The third-order valence-electron chi connectivity index (χ3n) is 7.42. The summed E-state index contributed by atoms with van der Waals surface area (Å²) in [5, 5.41) is 6.40. The highest BCUT2D eigenvalue weighted by atomic mass is 35.5. The minimum Gasteiger partial charge on any atom is -0.321 e. The number of para-hydroxylation sites is 1. The van der Waals surface area contributed by atoms with Gasteiger partial charge in [-0.25, -0.2) is 4.98 Å². The summed E-state index contributed by atoms with van der Waals surface area (Å²) in [6.45, 7) is 2.18. The lowest BCUT2D eigenvalue weighted by Crippen LogP contribution is -2.34. The second-order valence-electron chi connectivity index (χ2n) is 10.2. The molecule has 5 aromatic rings. The van der Waals surface area contributed by atoms with Crippen molar-refractivity contribution in [1.29, 1.82) is 0 Å². The minimum absolute atomic E-state index is 0.0440. The summed E-state index contributed by atoms with van der Waals surface area (Å²) in [5.41, 5.74) is 5.03. The minimum atomic E-state index is -0.301. The quantitative estimate of drug-likeness (QED) is 0.196. The molecule has 0 spiro atoms. The van der Waals surface area contributed by atoms with Gasteiger partial charge in [0.15, 0.2) is 0 Å². The van der Waals surface area contributed by atoms with E-state index in [-0.39, 0.29) is 22.7 Å². The maximum absolute atomic E-state index is 12.4. The van der Waals surface area contributed by atoms with Gasteiger partial charge >= 0.3 is 0 Å². The van der Waals surface area contributed by atoms with Crippen molar-refractivity contribution >= 4 is 46.4 Å². The Bertz CT molecular complexity index is 1680. The second-order valence-corrected chi connectivity index (χ2v) is 11.4. The van der Waals surface area contributed by atoms with Gasteiger partial charge in [-0.1, -0.05) is 83.3 Å². The Morgan fingerprint density at radius 2 is 1.56 bits per heavy atom. The lowest BCUT2D eigenvalue weighted by atomic mass is 9.87. The van der Waals surface area contributed by atoms with Gasteiger partial charge in [0, 0.05) is 53.4 Å². The smallest absolute Gasteiger partial charge is 0.258 e. The summed E-state index contributed by atoms with van der Waals surface area (Å²) >= 11 is 17.8. The molecular formula is C34H29Cl3N4O2. The van der Waals surface area contributed by atoms with Gasteiger partial charge in [0.25, 0.3) is 5.91 Å². The monoisotopic (exact) mass is 630 g/mol. The molecule has 1 aliphatic rings. The molecule has 9 heteroatoms. The van der Waals surface area contributed by atoms with Crippen LogP contribution in [0.5, 0.6) is 0 Å². The van der Waals surface area contributed by atoms with Crippen LogP contribution in [0.3, 0.4) is 0 Å². The molecule has 1 saturated heterocycles. The van der Waals surface area contributed by atoms with Crippen LogP contribution in [0.1, 0.15) is 40.9 Å². The standard InChI is InChI=1S/C18H12Cl2N2O.C16H17ClN2O/c19-13-9-7-12(8-10-13)14-4-1-2-6-16(14)22-18(23)15-5-3-11-21-17(15)20;1-16(13-4-3-9-18-11-13)10-15(20-19(16)2)12-5-7-14(17)8-6-12/h1-11H,(H,22,23);3-9,11,15H,10H2,1-2H3. The molecule has 0 saturated carbocycles. The number of amides is 1. The fraction of sp³-hybridized carbons (Fsp3) is 0.147. The highest BCUT2D eigenvalue weighted by Crippen LogP contribution is 2.45. The Morgan fingerprint density at radius 1 is 0.884 bits per heavy atom. The summed E-state index contributed by atoms with van der Waals surface area (Å²) in [7, 11) is 1.98. The summed E-state index contributed by atoms with van der Waals surface area (Å²) in [5.74, 6) is -0.301. The molecule has 6 nitrogen and oxygen atoms in total. The van der Waals surface area contributed by atoms with Gasteiger partial charge in [-0.15, -0.1) is 0 Å². The van der Waals surface area contributed by atoms with Gasteiger partial charge in [-0.05, 0) is 72.1 Å². The highest BCUT2D eigenvalue weighted by Gasteiger charge is 2.43. The van der Waals surface area contributed by atoms with E-state index in [2.05, 4.69) is 28.3 Å². The van der Waals surface area contributed by atoms with Crippen LogP contribution in [0.2, 0.25) is 15.2 Å². The van der Waals surface area contributed by atoms with Crippen molar-refractivity contribution in [2.24, 2.45) is 0 Å². The first-order chi connectivity index (χ1) is 20.7. The molecule has 43 heavy (non-hydrogen) atoms. The fourth-order valence-electron chi connectivity index (χ4n) is 4.89. The van der Waals surface area contributed by atoms with Crippen LogP contribution in [-0.2, 0) is 10.4 Å². The van der Waals surface area contributed by atoms with Crippen molar-refractivity contribution in [1.82, 2.24) is 15.0 Å². The van der Waals surface area contributed by atoms with E-state index >= 15 is 0 Å². The number of aromatic nitrogens is 2. The number of pyridine rings is 2. The molecule has 2 unspecified atom stereocenters. The van der Waals surface area contributed by atoms with Gasteiger partial charge in [0.1, 0.15) is 11.3 Å². The zero-order valence-electron chi connectivity index (χ0n) is 23.5. The van der Waals surface area contributed by atoms with Gasteiger partial charge in [-0.3, -0.25) is 14.6 Å². The maximum atomic E-state index is 12.4. The van der Waals surface area contributed by atoms with E-state index in [9.17, 15) is 4.79 Å². The molecule has 0 bridgehead atoms. The van der Waals surface area contributed by atoms with Crippen LogP contribution in [0.25, 0.3) is 11.1 Å². The van der Waals surface area contributed by atoms with Crippen molar-refractivity contribution in [2.75, 3.05) is 12.4 Å². The zero-order valence-corrected chi connectivity index (χ0v) is 25.8. The summed E-state index contributed by atoms with van der Waals surface area (Å²) in [6.07, 6.45) is 6.17. The first-order valence-corrected chi connectivity index (χ1v) is 14.7. The Morgan fingerprint density at radius 3 is 2.23 bits per heavy atom. The van der Waals surface area contributed by atoms with Crippen molar-refractivity contribution < 1.29 is 9.63 Å². The van der Waals surface area contributed by atoms with Crippen LogP contribution in [-0.4, -0.2) is 28.0 Å². The number of carbonyl (C=O) groups excluding carboxylic acids is 1. The van der Waals surface area contributed by atoms with E-state index < -0.39 is 0 Å². The molecule has 1 amide bonds. The van der Waals surface area contributed by atoms with E-state index in [1.807, 2.05) is 97.2 Å². The predicted molar refractivity (Wildman–Crippen MR) is 173 cm³/mol. The topological polar surface area (TPSA) is 67.3 Å². The normalized spacial score (nSPS) is 18.0. The molecule has 3 heterocycles. The average molecular weight is 632 g/mol. The Balaban J connectivity index is 0.000000173. The lowest BCUT2D eigenvalue weighted by molar-refractivity contribution is -0.169. The molecular weight excluding hydrogens is 603 g/mol. The molecule has 1 aliphatic heterocycles. The molecule has 2 aromatic heterocycles. The van der Waals surface area contributed by atoms with Gasteiger partial charge in [0.2, 0.25) is 0 Å². The van der Waals surface area contributed by atoms with Crippen molar-refractivity contribution in [3.8, 4) is 11.1 Å². The third-order valence-corrected chi connectivity index (χ3v) is 8.23. The molecule has 1 N–H and O–H groups in total. The Kier molecular flexibility index (Phi) is 9.76. The van der Waals surface area contributed by atoms with Crippen LogP contribution < -0.4 is 5.32 Å². The van der Waals surface area contributed by atoms with E-state index in [1.54, 1.807) is 24.5 Å².